The quantitative estimate of drug-likeness (QED) is 0.745. The van der Waals surface area contributed by atoms with Crippen molar-refractivity contribution in [2.45, 2.75) is 19.4 Å². The van der Waals surface area contributed by atoms with E-state index < -0.39 is 5.60 Å². The van der Waals surface area contributed by atoms with Crippen molar-refractivity contribution in [3.8, 4) is 5.75 Å². The predicted molar refractivity (Wildman–Crippen MR) is 57.4 cm³/mol. The zero-order chi connectivity index (χ0) is 10.8. The molecule has 0 fully saturated rings. The van der Waals surface area contributed by atoms with Crippen LogP contribution in [-0.4, -0.2) is 12.2 Å². The van der Waals surface area contributed by atoms with Gasteiger partial charge in [-0.15, -0.1) is 0 Å². The van der Waals surface area contributed by atoms with E-state index in [-0.39, 0.29) is 0 Å². The molecule has 2 heteroatoms. The smallest absolute Gasteiger partial charge is 0.125 e. The molecule has 0 bridgehead atoms. The van der Waals surface area contributed by atoms with Crippen LogP contribution >= 0.6 is 0 Å². The lowest BCUT2D eigenvalue weighted by molar-refractivity contribution is 0.0949. The van der Waals surface area contributed by atoms with E-state index in [1.165, 1.54) is 0 Å². The summed E-state index contributed by atoms with van der Waals surface area (Å²) in [5.74, 6) is 0.681. The van der Waals surface area contributed by atoms with Crippen molar-refractivity contribution < 1.29 is 9.84 Å². The first-order chi connectivity index (χ1) is 6.50. The molecule has 0 aliphatic carbocycles. The van der Waals surface area contributed by atoms with Gasteiger partial charge in [0.15, 0.2) is 0 Å². The fourth-order valence-corrected chi connectivity index (χ4v) is 1.28. The first kappa shape index (κ1) is 10.8. The number of para-hydroxylation sites is 1. The summed E-state index contributed by atoms with van der Waals surface area (Å²) in [5, 5.41) is 10.2. The van der Waals surface area contributed by atoms with Gasteiger partial charge in [-0.1, -0.05) is 24.8 Å². The van der Waals surface area contributed by atoms with Gasteiger partial charge in [-0.05, 0) is 25.5 Å². The van der Waals surface area contributed by atoms with Gasteiger partial charge >= 0.3 is 0 Å². The van der Waals surface area contributed by atoms with E-state index in [2.05, 4.69) is 6.58 Å². The summed E-state index contributed by atoms with van der Waals surface area (Å²) in [6.45, 7) is 7.29. The highest BCUT2D eigenvalue weighted by Crippen LogP contribution is 2.33. The van der Waals surface area contributed by atoms with E-state index >= 15 is 0 Å². The number of methoxy groups -OCH3 is 1. The van der Waals surface area contributed by atoms with Crippen LogP contribution in [0, 0.1) is 0 Å². The highest BCUT2D eigenvalue weighted by atomic mass is 16.5. The summed E-state index contributed by atoms with van der Waals surface area (Å²) < 4.78 is 5.18. The SMILES string of the molecule is C=C(C)C(C)(O)c1ccccc1OC. The molecule has 1 unspecified atom stereocenters. The molecule has 0 saturated heterocycles. The highest BCUT2D eigenvalue weighted by molar-refractivity contribution is 5.41. The minimum Gasteiger partial charge on any atom is -0.496 e. The van der Waals surface area contributed by atoms with E-state index in [0.29, 0.717) is 11.3 Å². The van der Waals surface area contributed by atoms with Crippen molar-refractivity contribution in [2.24, 2.45) is 0 Å². The van der Waals surface area contributed by atoms with Crippen molar-refractivity contribution in [3.63, 3.8) is 0 Å². The standard InChI is InChI=1S/C12H16O2/c1-9(2)12(3,13)10-7-5-6-8-11(10)14-4/h5-8,13H,1H2,2-4H3. The van der Waals surface area contributed by atoms with Gasteiger partial charge in [0.05, 0.1) is 7.11 Å². The molecule has 2 nitrogen and oxygen atoms in total. The maximum atomic E-state index is 10.2. The summed E-state index contributed by atoms with van der Waals surface area (Å²) in [6, 6.07) is 7.41. The van der Waals surface area contributed by atoms with Crippen molar-refractivity contribution in [1.29, 1.82) is 0 Å². The van der Waals surface area contributed by atoms with E-state index in [4.69, 9.17) is 4.74 Å². The second kappa shape index (κ2) is 3.84. The Morgan fingerprint density at radius 3 is 2.50 bits per heavy atom. The van der Waals surface area contributed by atoms with Gasteiger partial charge in [0.1, 0.15) is 11.4 Å². The van der Waals surface area contributed by atoms with Gasteiger partial charge in [0, 0.05) is 5.56 Å². The summed E-state index contributed by atoms with van der Waals surface area (Å²) in [7, 11) is 1.59. The van der Waals surface area contributed by atoms with Crippen molar-refractivity contribution in [2.75, 3.05) is 7.11 Å². The molecule has 76 valence electrons. The molecule has 0 saturated carbocycles. The second-order valence-corrected chi connectivity index (χ2v) is 3.55. The molecule has 1 aromatic rings. The minimum atomic E-state index is -1.04. The average molecular weight is 192 g/mol. The van der Waals surface area contributed by atoms with Gasteiger partial charge in [-0.25, -0.2) is 0 Å². The molecule has 1 aromatic carbocycles. The van der Waals surface area contributed by atoms with Gasteiger partial charge in [-0.2, -0.15) is 0 Å². The number of benzene rings is 1. The molecule has 0 aliphatic rings. The Labute approximate surface area is 84.8 Å². The molecule has 1 rings (SSSR count). The van der Waals surface area contributed by atoms with Crippen LogP contribution in [0.25, 0.3) is 0 Å². The Balaban J connectivity index is 3.24. The first-order valence-corrected chi connectivity index (χ1v) is 4.52. The maximum Gasteiger partial charge on any atom is 0.125 e. The van der Waals surface area contributed by atoms with Gasteiger partial charge in [-0.3, -0.25) is 0 Å². The van der Waals surface area contributed by atoms with Crippen LogP contribution in [0.5, 0.6) is 5.75 Å². The zero-order valence-electron chi connectivity index (χ0n) is 8.87. The van der Waals surface area contributed by atoms with Crippen LogP contribution in [0.4, 0.5) is 0 Å². The molecule has 1 atom stereocenters. The predicted octanol–water partition coefficient (Wildman–Crippen LogP) is 2.48. The lowest BCUT2D eigenvalue weighted by Crippen LogP contribution is -2.22. The Kier molecular flexibility index (Phi) is 2.96. The van der Waals surface area contributed by atoms with Crippen LogP contribution in [0.15, 0.2) is 36.4 Å². The Morgan fingerprint density at radius 1 is 1.43 bits per heavy atom. The third-order valence-electron chi connectivity index (χ3n) is 2.46. The molecule has 0 aromatic heterocycles. The normalized spacial score (nSPS) is 14.6. The summed E-state index contributed by atoms with van der Waals surface area (Å²) >= 11 is 0. The number of aliphatic hydroxyl groups is 1. The summed E-state index contributed by atoms with van der Waals surface area (Å²) in [4.78, 5) is 0. The molecular formula is C12H16O2. The van der Waals surface area contributed by atoms with Crippen molar-refractivity contribution in [3.05, 3.63) is 42.0 Å². The zero-order valence-corrected chi connectivity index (χ0v) is 8.87. The lowest BCUT2D eigenvalue weighted by atomic mass is 9.89. The second-order valence-electron chi connectivity index (χ2n) is 3.55. The van der Waals surface area contributed by atoms with Crippen LogP contribution in [0.3, 0.4) is 0 Å². The van der Waals surface area contributed by atoms with Crippen molar-refractivity contribution in [1.82, 2.24) is 0 Å². The molecule has 0 amide bonds. The fourth-order valence-electron chi connectivity index (χ4n) is 1.28. The highest BCUT2D eigenvalue weighted by Gasteiger charge is 2.26. The molecule has 0 aliphatic heterocycles. The monoisotopic (exact) mass is 192 g/mol. The van der Waals surface area contributed by atoms with Crippen LogP contribution < -0.4 is 4.74 Å². The third kappa shape index (κ3) is 1.80. The molecule has 0 spiro atoms. The lowest BCUT2D eigenvalue weighted by Gasteiger charge is -2.25. The molecule has 0 radical (unpaired) electrons. The molecule has 14 heavy (non-hydrogen) atoms. The van der Waals surface area contributed by atoms with E-state index in [0.717, 1.165) is 5.56 Å². The maximum absolute atomic E-state index is 10.2. The topological polar surface area (TPSA) is 29.5 Å². The Bertz CT molecular complexity index is 340. The number of ether oxygens (including phenoxy) is 1. The van der Waals surface area contributed by atoms with Gasteiger partial charge in [0.25, 0.3) is 0 Å². The first-order valence-electron chi connectivity index (χ1n) is 4.52. The fraction of sp³-hybridized carbons (Fsp3) is 0.333. The number of rotatable bonds is 3. The molecular weight excluding hydrogens is 176 g/mol. The van der Waals surface area contributed by atoms with Gasteiger partial charge < -0.3 is 9.84 Å². The molecule has 0 heterocycles. The van der Waals surface area contributed by atoms with Crippen LogP contribution in [-0.2, 0) is 5.60 Å². The van der Waals surface area contributed by atoms with Crippen molar-refractivity contribution >= 4 is 0 Å². The Hall–Kier alpha value is -1.28. The van der Waals surface area contributed by atoms with E-state index in [9.17, 15) is 5.11 Å². The number of hydrogen-bond donors (Lipinski definition) is 1. The Morgan fingerprint density at radius 2 is 2.00 bits per heavy atom. The van der Waals surface area contributed by atoms with Crippen LogP contribution in [0.2, 0.25) is 0 Å². The van der Waals surface area contributed by atoms with E-state index in [1.54, 1.807) is 21.0 Å². The van der Waals surface area contributed by atoms with Crippen LogP contribution in [0.1, 0.15) is 19.4 Å². The average Bonchev–Trinajstić information content (AvgIpc) is 2.17. The summed E-state index contributed by atoms with van der Waals surface area (Å²) in [5.41, 5.74) is 0.407. The van der Waals surface area contributed by atoms with Gasteiger partial charge in [0.2, 0.25) is 0 Å². The van der Waals surface area contributed by atoms with E-state index in [1.807, 2.05) is 24.3 Å². The molecule has 1 N–H and O–H groups in total. The summed E-state index contributed by atoms with van der Waals surface area (Å²) in [6.07, 6.45) is 0. The minimum absolute atomic E-state index is 0.681. The third-order valence-corrected chi connectivity index (χ3v) is 2.46. The largest absolute Gasteiger partial charge is 0.496 e. The number of hydrogen-bond acceptors (Lipinski definition) is 2.